The summed E-state index contributed by atoms with van der Waals surface area (Å²) in [4.78, 5) is 26.9. The Morgan fingerprint density at radius 3 is 2.45 bits per heavy atom. The van der Waals surface area contributed by atoms with Crippen molar-refractivity contribution in [2.45, 2.75) is 20.8 Å². The maximum absolute atomic E-state index is 12.4. The van der Waals surface area contributed by atoms with Gasteiger partial charge in [0.05, 0.1) is 23.4 Å². The first-order valence-corrected chi connectivity index (χ1v) is 7.08. The zero-order valence-corrected chi connectivity index (χ0v) is 13.6. The van der Waals surface area contributed by atoms with Gasteiger partial charge in [-0.1, -0.05) is 11.6 Å². The van der Waals surface area contributed by atoms with Crippen molar-refractivity contribution in [3.63, 3.8) is 0 Å². The fourth-order valence-corrected chi connectivity index (χ4v) is 2.64. The lowest BCUT2D eigenvalue weighted by Crippen LogP contribution is -2.13. The molecule has 0 unspecified atom stereocenters. The number of rotatable bonds is 4. The predicted molar refractivity (Wildman–Crippen MR) is 86.2 cm³/mol. The van der Waals surface area contributed by atoms with Gasteiger partial charge >= 0.3 is 0 Å². The number of methoxy groups -OCH3 is 1. The lowest BCUT2D eigenvalue weighted by atomic mass is 10.1. The molecular formula is C16H17ClN2O3. The molecule has 0 atom stereocenters. The monoisotopic (exact) mass is 320 g/mol. The molecular weight excluding hydrogens is 304 g/mol. The fraction of sp³-hybridized carbons (Fsp3) is 0.250. The molecule has 6 heteroatoms. The Bertz CT molecular complexity index is 750. The Labute approximate surface area is 133 Å². The van der Waals surface area contributed by atoms with Crippen molar-refractivity contribution >= 4 is 29.0 Å². The van der Waals surface area contributed by atoms with Crippen molar-refractivity contribution in [2.24, 2.45) is 0 Å². The molecule has 1 amide bonds. The number of halogens is 1. The van der Waals surface area contributed by atoms with Crippen molar-refractivity contribution in [2.75, 3.05) is 12.4 Å². The summed E-state index contributed by atoms with van der Waals surface area (Å²) in [6.45, 7) is 4.97. The highest BCUT2D eigenvalue weighted by molar-refractivity contribution is 6.32. The number of Topliss-reactive ketones (excluding diaryl/α,β-unsaturated/α-hetero) is 1. The molecule has 0 saturated carbocycles. The minimum Gasteiger partial charge on any atom is -0.495 e. The SMILES string of the molecule is COc1ccc(NC(=O)c2c(C)[nH]c(C(C)=O)c2C)cc1Cl. The molecule has 22 heavy (non-hydrogen) atoms. The van der Waals surface area contributed by atoms with E-state index in [1.54, 1.807) is 32.0 Å². The van der Waals surface area contributed by atoms with Crippen LogP contribution < -0.4 is 10.1 Å². The first-order valence-electron chi connectivity index (χ1n) is 6.70. The normalized spacial score (nSPS) is 10.4. The summed E-state index contributed by atoms with van der Waals surface area (Å²) < 4.78 is 5.07. The number of aromatic nitrogens is 1. The second kappa shape index (κ2) is 6.23. The predicted octanol–water partition coefficient (Wildman–Crippen LogP) is 3.75. The van der Waals surface area contributed by atoms with Gasteiger partial charge in [0.25, 0.3) is 5.91 Å². The van der Waals surface area contributed by atoms with E-state index in [-0.39, 0.29) is 11.7 Å². The summed E-state index contributed by atoms with van der Waals surface area (Å²) in [5, 5.41) is 3.18. The van der Waals surface area contributed by atoms with Gasteiger partial charge in [-0.15, -0.1) is 0 Å². The zero-order valence-electron chi connectivity index (χ0n) is 12.8. The Balaban J connectivity index is 2.30. The van der Waals surface area contributed by atoms with Crippen LogP contribution in [0.15, 0.2) is 18.2 Å². The van der Waals surface area contributed by atoms with Crippen molar-refractivity contribution < 1.29 is 14.3 Å². The van der Waals surface area contributed by atoms with Crippen molar-refractivity contribution in [1.82, 2.24) is 4.98 Å². The van der Waals surface area contributed by atoms with Crippen LogP contribution in [-0.2, 0) is 0 Å². The summed E-state index contributed by atoms with van der Waals surface area (Å²) in [7, 11) is 1.52. The number of nitrogens with one attached hydrogen (secondary N) is 2. The molecule has 0 aliphatic rings. The van der Waals surface area contributed by atoms with Gasteiger partial charge in [-0.2, -0.15) is 0 Å². The quantitative estimate of drug-likeness (QED) is 0.843. The van der Waals surface area contributed by atoms with E-state index in [4.69, 9.17) is 16.3 Å². The molecule has 0 fully saturated rings. The van der Waals surface area contributed by atoms with E-state index in [0.717, 1.165) is 0 Å². The van der Waals surface area contributed by atoms with Crippen LogP contribution in [0.2, 0.25) is 5.02 Å². The van der Waals surface area contributed by atoms with Gasteiger partial charge in [0.1, 0.15) is 5.75 Å². The molecule has 1 aromatic carbocycles. The van der Waals surface area contributed by atoms with E-state index in [0.29, 0.717) is 39.0 Å². The molecule has 2 N–H and O–H groups in total. The molecule has 0 spiro atoms. The lowest BCUT2D eigenvalue weighted by molar-refractivity contribution is 0.101. The van der Waals surface area contributed by atoms with Crippen LogP contribution in [0.25, 0.3) is 0 Å². The summed E-state index contributed by atoms with van der Waals surface area (Å²) >= 11 is 6.04. The van der Waals surface area contributed by atoms with Gasteiger partial charge < -0.3 is 15.0 Å². The molecule has 1 heterocycles. The number of hydrogen-bond acceptors (Lipinski definition) is 3. The highest BCUT2D eigenvalue weighted by Crippen LogP contribution is 2.28. The van der Waals surface area contributed by atoms with Gasteiger partial charge in [0.2, 0.25) is 0 Å². The Hall–Kier alpha value is -2.27. The molecule has 0 aliphatic heterocycles. The average molecular weight is 321 g/mol. The number of benzene rings is 1. The van der Waals surface area contributed by atoms with Crippen molar-refractivity contribution in [3.8, 4) is 5.75 Å². The van der Waals surface area contributed by atoms with E-state index in [2.05, 4.69) is 10.3 Å². The van der Waals surface area contributed by atoms with E-state index < -0.39 is 0 Å². The highest BCUT2D eigenvalue weighted by Gasteiger charge is 2.20. The maximum Gasteiger partial charge on any atom is 0.257 e. The third kappa shape index (κ3) is 2.99. The highest BCUT2D eigenvalue weighted by atomic mass is 35.5. The smallest absolute Gasteiger partial charge is 0.257 e. The average Bonchev–Trinajstić information content (AvgIpc) is 2.74. The van der Waals surface area contributed by atoms with Gasteiger partial charge in [-0.05, 0) is 37.6 Å². The van der Waals surface area contributed by atoms with E-state index in [9.17, 15) is 9.59 Å². The number of carbonyl (C=O) groups is 2. The molecule has 2 rings (SSSR count). The minimum absolute atomic E-state index is 0.104. The number of ketones is 1. The molecule has 1 aromatic heterocycles. The molecule has 0 radical (unpaired) electrons. The van der Waals surface area contributed by atoms with Crippen LogP contribution >= 0.6 is 11.6 Å². The molecule has 0 saturated heterocycles. The van der Waals surface area contributed by atoms with E-state index in [1.165, 1.54) is 14.0 Å². The third-order valence-electron chi connectivity index (χ3n) is 3.43. The number of aromatic amines is 1. The molecule has 0 bridgehead atoms. The minimum atomic E-state index is -0.292. The Morgan fingerprint density at radius 1 is 1.27 bits per heavy atom. The summed E-state index contributed by atoms with van der Waals surface area (Å²) in [5.74, 6) is 0.139. The third-order valence-corrected chi connectivity index (χ3v) is 3.72. The largest absolute Gasteiger partial charge is 0.495 e. The maximum atomic E-state index is 12.4. The van der Waals surface area contributed by atoms with Crippen LogP contribution in [0.1, 0.15) is 39.0 Å². The number of ether oxygens (including phenoxy) is 1. The molecule has 5 nitrogen and oxygen atoms in total. The van der Waals surface area contributed by atoms with Crippen LogP contribution in [0.3, 0.4) is 0 Å². The van der Waals surface area contributed by atoms with Crippen LogP contribution in [-0.4, -0.2) is 23.8 Å². The molecule has 116 valence electrons. The van der Waals surface area contributed by atoms with Crippen molar-refractivity contribution in [1.29, 1.82) is 0 Å². The van der Waals surface area contributed by atoms with Crippen LogP contribution in [0.4, 0.5) is 5.69 Å². The second-order valence-corrected chi connectivity index (χ2v) is 5.39. The molecule has 0 aliphatic carbocycles. The van der Waals surface area contributed by atoms with Gasteiger partial charge in [0.15, 0.2) is 5.78 Å². The first kappa shape index (κ1) is 16.1. The number of aryl methyl sites for hydroxylation is 1. The summed E-state index contributed by atoms with van der Waals surface area (Å²) in [5.41, 5.74) is 2.77. The number of H-pyrrole nitrogens is 1. The summed E-state index contributed by atoms with van der Waals surface area (Å²) in [6.07, 6.45) is 0. The van der Waals surface area contributed by atoms with Crippen molar-refractivity contribution in [3.05, 3.63) is 45.7 Å². The fourth-order valence-electron chi connectivity index (χ4n) is 2.38. The number of amides is 1. The van der Waals surface area contributed by atoms with E-state index in [1.807, 2.05) is 0 Å². The number of anilines is 1. The van der Waals surface area contributed by atoms with Gasteiger partial charge in [-0.3, -0.25) is 9.59 Å². The van der Waals surface area contributed by atoms with Gasteiger partial charge in [-0.25, -0.2) is 0 Å². The second-order valence-electron chi connectivity index (χ2n) is 4.98. The van der Waals surface area contributed by atoms with Gasteiger partial charge in [0, 0.05) is 18.3 Å². The Kier molecular flexibility index (Phi) is 4.56. The topological polar surface area (TPSA) is 71.2 Å². The number of carbonyl (C=O) groups excluding carboxylic acids is 2. The molecule has 2 aromatic rings. The lowest BCUT2D eigenvalue weighted by Gasteiger charge is -2.08. The zero-order chi connectivity index (χ0) is 16.4. The van der Waals surface area contributed by atoms with E-state index >= 15 is 0 Å². The first-order chi connectivity index (χ1) is 10.3. The van der Waals surface area contributed by atoms with Crippen LogP contribution in [0, 0.1) is 13.8 Å². The number of hydrogen-bond donors (Lipinski definition) is 2. The van der Waals surface area contributed by atoms with Crippen LogP contribution in [0.5, 0.6) is 5.75 Å². The Morgan fingerprint density at radius 2 is 1.95 bits per heavy atom. The standard InChI is InChI=1S/C16H17ClN2O3/c1-8-14(9(2)18-15(8)10(3)20)16(21)19-11-5-6-13(22-4)12(17)7-11/h5-7,18H,1-4H3,(H,19,21). The summed E-state index contributed by atoms with van der Waals surface area (Å²) in [6, 6.07) is 4.99.